The van der Waals surface area contributed by atoms with Gasteiger partial charge in [-0.3, -0.25) is 13.9 Å². The molecule has 5 nitrogen and oxygen atoms in total. The Hall–Kier alpha value is -1.95. The Kier molecular flexibility index (Phi) is 3.17. The lowest BCUT2D eigenvalue weighted by Gasteiger charge is -2.14. The van der Waals surface area contributed by atoms with Crippen molar-refractivity contribution < 1.29 is 9.13 Å². The third-order valence-corrected chi connectivity index (χ3v) is 3.74. The van der Waals surface area contributed by atoms with Crippen molar-refractivity contribution in [2.24, 2.45) is 7.05 Å². The maximum atomic E-state index is 13.9. The molecule has 0 radical (unpaired) electrons. The van der Waals surface area contributed by atoms with E-state index < -0.39 is 17.1 Å². The zero-order chi connectivity index (χ0) is 14.3. The molecular weight excluding hydrogens is 263 g/mol. The fraction of sp³-hybridized carbons (Fsp3) is 0.429. The Morgan fingerprint density at radius 1 is 1.40 bits per heavy atom. The lowest BCUT2D eigenvalue weighted by atomic mass is 10.2. The fourth-order valence-electron chi connectivity index (χ4n) is 2.66. The summed E-state index contributed by atoms with van der Waals surface area (Å²) in [6, 6.07) is 4.28. The first-order chi connectivity index (χ1) is 9.59. The molecule has 1 saturated heterocycles. The molecule has 0 spiro atoms. The van der Waals surface area contributed by atoms with Gasteiger partial charge in [-0.2, -0.15) is 0 Å². The van der Waals surface area contributed by atoms with Gasteiger partial charge in [0.2, 0.25) is 0 Å². The minimum absolute atomic E-state index is 0.0485. The van der Waals surface area contributed by atoms with E-state index in [-0.39, 0.29) is 18.0 Å². The minimum atomic E-state index is -0.607. The maximum absolute atomic E-state index is 13.9. The highest BCUT2D eigenvalue weighted by atomic mass is 19.1. The smallest absolute Gasteiger partial charge is 0.331 e. The highest BCUT2D eigenvalue weighted by molar-refractivity contribution is 5.78. The minimum Gasteiger partial charge on any atom is -0.376 e. The van der Waals surface area contributed by atoms with E-state index in [2.05, 4.69) is 0 Å². The van der Waals surface area contributed by atoms with Crippen LogP contribution in [0.3, 0.4) is 0 Å². The van der Waals surface area contributed by atoms with Gasteiger partial charge in [0.1, 0.15) is 5.82 Å². The Morgan fingerprint density at radius 2 is 2.20 bits per heavy atom. The van der Waals surface area contributed by atoms with Crippen molar-refractivity contribution in [3.8, 4) is 0 Å². The van der Waals surface area contributed by atoms with Gasteiger partial charge in [-0.15, -0.1) is 0 Å². The zero-order valence-corrected chi connectivity index (χ0v) is 11.1. The largest absolute Gasteiger partial charge is 0.376 e. The van der Waals surface area contributed by atoms with E-state index >= 15 is 0 Å². The van der Waals surface area contributed by atoms with Crippen LogP contribution in [0.1, 0.15) is 12.8 Å². The van der Waals surface area contributed by atoms with E-state index in [1.165, 1.54) is 23.7 Å². The molecular formula is C14H15FN2O3. The Bertz CT molecular complexity index is 772. The number of aromatic nitrogens is 2. The number of hydrogen-bond acceptors (Lipinski definition) is 3. The number of fused-ring (bicyclic) bond motifs is 1. The van der Waals surface area contributed by atoms with Crippen molar-refractivity contribution in [1.82, 2.24) is 9.13 Å². The van der Waals surface area contributed by atoms with Crippen LogP contribution in [0.4, 0.5) is 4.39 Å². The molecule has 0 aliphatic carbocycles. The fourth-order valence-corrected chi connectivity index (χ4v) is 2.66. The molecule has 1 fully saturated rings. The van der Waals surface area contributed by atoms with Gasteiger partial charge in [-0.1, -0.05) is 6.07 Å². The van der Waals surface area contributed by atoms with Crippen LogP contribution in [-0.4, -0.2) is 21.8 Å². The summed E-state index contributed by atoms with van der Waals surface area (Å²) in [6.07, 6.45) is 1.58. The van der Waals surface area contributed by atoms with E-state index in [4.69, 9.17) is 4.74 Å². The van der Waals surface area contributed by atoms with Crippen molar-refractivity contribution >= 4 is 10.9 Å². The lowest BCUT2D eigenvalue weighted by Crippen LogP contribution is -2.41. The summed E-state index contributed by atoms with van der Waals surface area (Å²) in [4.78, 5) is 24.6. The molecule has 6 heteroatoms. The quantitative estimate of drug-likeness (QED) is 0.824. The summed E-state index contributed by atoms with van der Waals surface area (Å²) < 4.78 is 21.7. The third kappa shape index (κ3) is 1.96. The molecule has 0 saturated carbocycles. The highest BCUT2D eigenvalue weighted by Crippen LogP contribution is 2.14. The number of rotatable bonds is 2. The first-order valence-corrected chi connectivity index (χ1v) is 6.59. The van der Waals surface area contributed by atoms with Crippen LogP contribution in [0.2, 0.25) is 0 Å². The molecule has 1 aliphatic heterocycles. The topological polar surface area (TPSA) is 53.2 Å². The maximum Gasteiger partial charge on any atom is 0.331 e. The first-order valence-electron chi connectivity index (χ1n) is 6.59. The van der Waals surface area contributed by atoms with Gasteiger partial charge in [0.25, 0.3) is 5.56 Å². The second-order valence-electron chi connectivity index (χ2n) is 5.03. The molecule has 1 unspecified atom stereocenters. The van der Waals surface area contributed by atoms with Crippen LogP contribution >= 0.6 is 0 Å². The van der Waals surface area contributed by atoms with Crippen LogP contribution in [0.25, 0.3) is 10.9 Å². The number of hydrogen-bond donors (Lipinski definition) is 0. The van der Waals surface area contributed by atoms with Gasteiger partial charge >= 0.3 is 5.69 Å². The van der Waals surface area contributed by atoms with Crippen molar-refractivity contribution in [2.75, 3.05) is 6.61 Å². The average molecular weight is 278 g/mol. The molecule has 106 valence electrons. The molecule has 1 aliphatic rings. The number of benzene rings is 1. The second-order valence-corrected chi connectivity index (χ2v) is 5.03. The van der Waals surface area contributed by atoms with Crippen LogP contribution in [-0.2, 0) is 18.3 Å². The number of halogens is 1. The number of aryl methyl sites for hydroxylation is 1. The predicted molar refractivity (Wildman–Crippen MR) is 72.4 cm³/mol. The van der Waals surface area contributed by atoms with Crippen LogP contribution in [0.15, 0.2) is 27.8 Å². The van der Waals surface area contributed by atoms with Gasteiger partial charge in [0.05, 0.1) is 23.6 Å². The molecule has 0 bridgehead atoms. The molecule has 1 aromatic carbocycles. The van der Waals surface area contributed by atoms with E-state index in [9.17, 15) is 14.0 Å². The summed E-state index contributed by atoms with van der Waals surface area (Å²) >= 11 is 0. The van der Waals surface area contributed by atoms with Crippen LogP contribution < -0.4 is 11.2 Å². The van der Waals surface area contributed by atoms with E-state index in [0.717, 1.165) is 17.4 Å². The van der Waals surface area contributed by atoms with Crippen LogP contribution in [0, 0.1) is 5.82 Å². The monoisotopic (exact) mass is 278 g/mol. The Labute approximate surface area is 114 Å². The van der Waals surface area contributed by atoms with Gasteiger partial charge in [0.15, 0.2) is 0 Å². The number of ether oxygens (including phenoxy) is 1. The molecule has 2 heterocycles. The summed E-state index contributed by atoms with van der Waals surface area (Å²) in [6.45, 7) is 0.817. The summed E-state index contributed by atoms with van der Waals surface area (Å²) in [5, 5.41) is -0.0485. The Balaban J connectivity index is 2.24. The number of nitrogens with zero attached hydrogens (tertiary/aromatic N) is 2. The molecule has 0 amide bonds. The third-order valence-electron chi connectivity index (χ3n) is 3.74. The van der Waals surface area contributed by atoms with E-state index in [1.807, 2.05) is 0 Å². The zero-order valence-electron chi connectivity index (χ0n) is 11.1. The standard InChI is InChI=1S/C14H15FN2O3/c1-16-11-6-2-5-10(15)12(11)13(18)17(14(16)19)8-9-4-3-7-20-9/h2,5-6,9H,3-4,7-8H2,1H3. The SMILES string of the molecule is Cn1c(=O)n(CC2CCCO2)c(=O)c2c(F)cccc21. The van der Waals surface area contributed by atoms with Crippen molar-refractivity contribution in [3.63, 3.8) is 0 Å². The predicted octanol–water partition coefficient (Wildman–Crippen LogP) is 1.02. The summed E-state index contributed by atoms with van der Waals surface area (Å²) in [5.74, 6) is -0.607. The molecule has 1 aromatic heterocycles. The van der Waals surface area contributed by atoms with Gasteiger partial charge in [-0.25, -0.2) is 9.18 Å². The molecule has 3 rings (SSSR count). The van der Waals surface area contributed by atoms with Crippen LogP contribution in [0.5, 0.6) is 0 Å². The first kappa shape index (κ1) is 13.1. The van der Waals surface area contributed by atoms with Crippen molar-refractivity contribution in [3.05, 3.63) is 44.9 Å². The van der Waals surface area contributed by atoms with Crippen molar-refractivity contribution in [2.45, 2.75) is 25.5 Å². The summed E-state index contributed by atoms with van der Waals surface area (Å²) in [5.41, 5.74) is -0.719. The molecule has 2 aromatic rings. The Morgan fingerprint density at radius 3 is 2.90 bits per heavy atom. The average Bonchev–Trinajstić information content (AvgIpc) is 2.94. The summed E-state index contributed by atoms with van der Waals surface area (Å²) in [7, 11) is 1.54. The molecule has 20 heavy (non-hydrogen) atoms. The highest BCUT2D eigenvalue weighted by Gasteiger charge is 2.20. The van der Waals surface area contributed by atoms with Gasteiger partial charge < -0.3 is 4.74 Å². The van der Waals surface area contributed by atoms with E-state index in [0.29, 0.717) is 12.1 Å². The van der Waals surface area contributed by atoms with Gasteiger partial charge in [0, 0.05) is 13.7 Å². The normalized spacial score (nSPS) is 18.8. The van der Waals surface area contributed by atoms with Gasteiger partial charge in [-0.05, 0) is 25.0 Å². The van der Waals surface area contributed by atoms with E-state index in [1.54, 1.807) is 6.07 Å². The molecule has 0 N–H and O–H groups in total. The lowest BCUT2D eigenvalue weighted by molar-refractivity contribution is 0.0949. The molecule has 1 atom stereocenters. The second kappa shape index (κ2) is 4.86. The van der Waals surface area contributed by atoms with Crippen molar-refractivity contribution in [1.29, 1.82) is 0 Å².